The van der Waals surface area contributed by atoms with Crippen LogP contribution in [0.3, 0.4) is 0 Å². The van der Waals surface area contributed by atoms with Crippen LogP contribution < -0.4 is 5.32 Å². The van der Waals surface area contributed by atoms with Gasteiger partial charge in [0, 0.05) is 9.65 Å². The van der Waals surface area contributed by atoms with Gasteiger partial charge in [0.25, 0.3) is 0 Å². The first-order chi connectivity index (χ1) is 8.25. The number of furan rings is 1. The summed E-state index contributed by atoms with van der Waals surface area (Å²) >= 11 is 2.18. The number of nitrogens with one attached hydrogen (secondary N) is 1. The number of para-hydroxylation sites is 1. The molecule has 4 heteroatoms. The molecule has 0 fully saturated rings. The molecule has 1 aromatic carbocycles. The molecule has 17 heavy (non-hydrogen) atoms. The van der Waals surface area contributed by atoms with Crippen molar-refractivity contribution in [2.24, 2.45) is 0 Å². The summed E-state index contributed by atoms with van der Waals surface area (Å²) < 4.78 is 6.09. The fraction of sp³-hybridized carbons (Fsp3) is 0. The number of benzene rings is 1. The van der Waals surface area contributed by atoms with Gasteiger partial charge in [-0.1, -0.05) is 12.1 Å². The lowest BCUT2D eigenvalue weighted by Crippen LogP contribution is -2.08. The van der Waals surface area contributed by atoms with E-state index in [0.717, 1.165) is 9.26 Å². The minimum absolute atomic E-state index is 0.175. The van der Waals surface area contributed by atoms with Gasteiger partial charge in [0.15, 0.2) is 0 Å². The number of carbonyl (C=O) groups excluding carboxylic acids is 1. The molecule has 0 radical (unpaired) electrons. The van der Waals surface area contributed by atoms with E-state index in [9.17, 15) is 4.79 Å². The monoisotopic (exact) mass is 339 g/mol. The Morgan fingerprint density at radius 3 is 2.76 bits per heavy atom. The second-order valence-electron chi connectivity index (χ2n) is 3.32. The predicted octanol–water partition coefficient (Wildman–Crippen LogP) is 3.54. The molecule has 1 aromatic heterocycles. The predicted molar refractivity (Wildman–Crippen MR) is 75.5 cm³/mol. The van der Waals surface area contributed by atoms with E-state index >= 15 is 0 Å². The van der Waals surface area contributed by atoms with E-state index in [0.29, 0.717) is 5.76 Å². The van der Waals surface area contributed by atoms with Crippen LogP contribution in [0.25, 0.3) is 6.08 Å². The van der Waals surface area contributed by atoms with E-state index in [4.69, 9.17) is 4.42 Å². The zero-order valence-electron chi connectivity index (χ0n) is 8.89. The number of rotatable bonds is 3. The third-order valence-electron chi connectivity index (χ3n) is 2.07. The van der Waals surface area contributed by atoms with Gasteiger partial charge in [0.2, 0.25) is 5.91 Å². The summed E-state index contributed by atoms with van der Waals surface area (Å²) in [4.78, 5) is 11.6. The lowest BCUT2D eigenvalue weighted by Gasteiger charge is -2.03. The van der Waals surface area contributed by atoms with Crippen LogP contribution in [0, 0.1) is 3.57 Å². The molecular weight excluding hydrogens is 329 g/mol. The fourth-order valence-electron chi connectivity index (χ4n) is 1.28. The Balaban J connectivity index is 2.01. The van der Waals surface area contributed by atoms with Gasteiger partial charge in [-0.05, 0) is 52.9 Å². The highest BCUT2D eigenvalue weighted by Gasteiger charge is 2.01. The molecule has 3 nitrogen and oxygen atoms in total. The zero-order chi connectivity index (χ0) is 12.1. The van der Waals surface area contributed by atoms with Crippen LogP contribution >= 0.6 is 22.6 Å². The van der Waals surface area contributed by atoms with Gasteiger partial charge in [0.1, 0.15) is 5.76 Å². The minimum Gasteiger partial charge on any atom is -0.465 e. The Hall–Kier alpha value is -1.56. The SMILES string of the molecule is O=C(/C=C/c1ccco1)Nc1ccccc1I. The summed E-state index contributed by atoms with van der Waals surface area (Å²) in [6, 6.07) is 11.2. The smallest absolute Gasteiger partial charge is 0.248 e. The number of halogens is 1. The van der Waals surface area contributed by atoms with Crippen molar-refractivity contribution >= 4 is 40.3 Å². The average molecular weight is 339 g/mol. The van der Waals surface area contributed by atoms with Gasteiger partial charge in [-0.15, -0.1) is 0 Å². The maximum atomic E-state index is 11.6. The van der Waals surface area contributed by atoms with Gasteiger partial charge >= 0.3 is 0 Å². The molecule has 0 unspecified atom stereocenters. The molecule has 0 bridgehead atoms. The maximum Gasteiger partial charge on any atom is 0.248 e. The molecule has 0 saturated heterocycles. The van der Waals surface area contributed by atoms with Crippen molar-refractivity contribution in [2.75, 3.05) is 5.32 Å². The Morgan fingerprint density at radius 2 is 2.06 bits per heavy atom. The van der Waals surface area contributed by atoms with E-state index in [1.54, 1.807) is 24.5 Å². The Bertz CT molecular complexity index is 532. The molecule has 0 saturated carbocycles. The third kappa shape index (κ3) is 3.45. The van der Waals surface area contributed by atoms with Crippen LogP contribution in [0.4, 0.5) is 5.69 Å². The minimum atomic E-state index is -0.175. The van der Waals surface area contributed by atoms with E-state index in [1.807, 2.05) is 24.3 Å². The second kappa shape index (κ2) is 5.67. The van der Waals surface area contributed by atoms with Gasteiger partial charge < -0.3 is 9.73 Å². The van der Waals surface area contributed by atoms with Crippen LogP contribution in [-0.2, 0) is 4.79 Å². The molecule has 0 aliphatic heterocycles. The normalized spacial score (nSPS) is 10.6. The van der Waals surface area contributed by atoms with Crippen LogP contribution in [0.2, 0.25) is 0 Å². The van der Waals surface area contributed by atoms with Crippen LogP contribution in [0.5, 0.6) is 0 Å². The van der Waals surface area contributed by atoms with E-state index < -0.39 is 0 Å². The van der Waals surface area contributed by atoms with E-state index in [2.05, 4.69) is 27.9 Å². The highest BCUT2D eigenvalue weighted by Crippen LogP contribution is 2.16. The van der Waals surface area contributed by atoms with Crippen LogP contribution in [-0.4, -0.2) is 5.91 Å². The van der Waals surface area contributed by atoms with Crippen molar-refractivity contribution in [3.8, 4) is 0 Å². The standard InChI is InChI=1S/C13H10INO2/c14-11-5-1-2-6-12(11)15-13(16)8-7-10-4-3-9-17-10/h1-9H,(H,15,16)/b8-7+. The molecule has 1 N–H and O–H groups in total. The summed E-state index contributed by atoms with van der Waals surface area (Å²) in [5.41, 5.74) is 0.808. The molecule has 0 spiro atoms. The first-order valence-electron chi connectivity index (χ1n) is 5.03. The lowest BCUT2D eigenvalue weighted by molar-refractivity contribution is -0.111. The van der Waals surface area contributed by atoms with Crippen molar-refractivity contribution in [2.45, 2.75) is 0 Å². The molecule has 2 aromatic rings. The maximum absolute atomic E-state index is 11.6. The molecule has 0 aliphatic carbocycles. The summed E-state index contributed by atoms with van der Waals surface area (Å²) in [5.74, 6) is 0.480. The van der Waals surface area contributed by atoms with Gasteiger partial charge in [-0.3, -0.25) is 4.79 Å². The number of hydrogen-bond donors (Lipinski definition) is 1. The van der Waals surface area contributed by atoms with Crippen molar-refractivity contribution < 1.29 is 9.21 Å². The van der Waals surface area contributed by atoms with Crippen LogP contribution in [0.1, 0.15) is 5.76 Å². The first-order valence-corrected chi connectivity index (χ1v) is 6.11. The van der Waals surface area contributed by atoms with E-state index in [-0.39, 0.29) is 5.91 Å². The van der Waals surface area contributed by atoms with Gasteiger partial charge in [-0.25, -0.2) is 0 Å². The van der Waals surface area contributed by atoms with Gasteiger partial charge in [-0.2, -0.15) is 0 Å². The van der Waals surface area contributed by atoms with Crippen molar-refractivity contribution in [1.82, 2.24) is 0 Å². The van der Waals surface area contributed by atoms with E-state index in [1.165, 1.54) is 6.08 Å². The molecule has 1 heterocycles. The second-order valence-corrected chi connectivity index (χ2v) is 4.48. The molecule has 0 atom stereocenters. The Morgan fingerprint density at radius 1 is 1.24 bits per heavy atom. The van der Waals surface area contributed by atoms with Crippen molar-refractivity contribution in [3.63, 3.8) is 0 Å². The quantitative estimate of drug-likeness (QED) is 0.687. The summed E-state index contributed by atoms with van der Waals surface area (Å²) in [6.07, 6.45) is 4.64. The number of hydrogen-bond acceptors (Lipinski definition) is 2. The number of carbonyl (C=O) groups is 1. The summed E-state index contributed by atoms with van der Waals surface area (Å²) in [5, 5.41) is 2.80. The summed E-state index contributed by atoms with van der Waals surface area (Å²) in [7, 11) is 0. The molecule has 2 rings (SSSR count). The third-order valence-corrected chi connectivity index (χ3v) is 3.01. The highest BCUT2D eigenvalue weighted by atomic mass is 127. The highest BCUT2D eigenvalue weighted by molar-refractivity contribution is 14.1. The largest absolute Gasteiger partial charge is 0.465 e. The zero-order valence-corrected chi connectivity index (χ0v) is 11.0. The molecule has 86 valence electrons. The van der Waals surface area contributed by atoms with Gasteiger partial charge in [0.05, 0.1) is 12.0 Å². The fourth-order valence-corrected chi connectivity index (χ4v) is 1.80. The average Bonchev–Trinajstić information content (AvgIpc) is 2.82. The lowest BCUT2D eigenvalue weighted by atomic mass is 10.3. The summed E-state index contributed by atoms with van der Waals surface area (Å²) in [6.45, 7) is 0. The molecular formula is C13H10INO2. The molecule has 0 aliphatic rings. The topological polar surface area (TPSA) is 42.2 Å². The van der Waals surface area contributed by atoms with Crippen molar-refractivity contribution in [3.05, 3.63) is 58.1 Å². The first kappa shape index (κ1) is 11.9. The number of amides is 1. The molecule has 1 amide bonds. The number of anilines is 1. The van der Waals surface area contributed by atoms with Crippen molar-refractivity contribution in [1.29, 1.82) is 0 Å². The van der Waals surface area contributed by atoms with Crippen LogP contribution in [0.15, 0.2) is 53.2 Å². The Kier molecular flexibility index (Phi) is 3.98. The Labute approximate surface area is 113 Å².